The van der Waals surface area contributed by atoms with Crippen LogP contribution in [0.3, 0.4) is 0 Å². The van der Waals surface area contributed by atoms with E-state index in [9.17, 15) is 0 Å². The third kappa shape index (κ3) is 3.94. The average molecular weight is 528 g/mol. The van der Waals surface area contributed by atoms with E-state index in [0.29, 0.717) is 29.0 Å². The second kappa shape index (κ2) is 9.52. The van der Waals surface area contributed by atoms with Crippen LogP contribution in [0.25, 0.3) is 0 Å². The standard InChI is InChI=1S/C37H41NSi/c1-25-21-22-33-32(23-25)35-36(38(33)2)30-19-10-11-20-31(30)37(35)39(3,4)34-24-27(28-17-8-9-18-29(28)34)16-12-15-26-13-6-5-7-14-26/h5-11,13-14,17-23,27,34-37H,12,15-16,24H2,1-4H3. The summed E-state index contributed by atoms with van der Waals surface area (Å²) in [4.78, 5) is 2.59. The van der Waals surface area contributed by atoms with Gasteiger partial charge in [-0.05, 0) is 89.1 Å². The molecule has 0 saturated carbocycles. The Bertz CT molecular complexity index is 1510. The quantitative estimate of drug-likeness (QED) is 0.226. The Morgan fingerprint density at radius 1 is 0.744 bits per heavy atom. The summed E-state index contributed by atoms with van der Waals surface area (Å²) >= 11 is 0. The summed E-state index contributed by atoms with van der Waals surface area (Å²) in [5.74, 6) is 1.25. The molecule has 2 heteroatoms. The monoisotopic (exact) mass is 527 g/mol. The molecule has 5 atom stereocenters. The molecule has 198 valence electrons. The van der Waals surface area contributed by atoms with Crippen molar-refractivity contribution in [2.45, 2.75) is 74.7 Å². The van der Waals surface area contributed by atoms with Crippen molar-refractivity contribution < 1.29 is 0 Å². The van der Waals surface area contributed by atoms with E-state index < -0.39 is 8.07 Å². The van der Waals surface area contributed by atoms with Crippen LogP contribution in [-0.4, -0.2) is 15.1 Å². The zero-order chi connectivity index (χ0) is 26.7. The SMILES string of the molecule is Cc1ccc2c(c1)C1C(c3ccccc3C1[Si](C)(C)C1CC(CCCc3ccccc3)c3ccccc31)N2C. The number of aryl methyl sites for hydroxylation is 2. The molecule has 0 N–H and O–H groups in total. The molecule has 1 heterocycles. The molecule has 0 spiro atoms. The summed E-state index contributed by atoms with van der Waals surface area (Å²) in [6.45, 7) is 7.73. The van der Waals surface area contributed by atoms with Crippen LogP contribution in [0, 0.1) is 6.92 Å². The Labute approximate surface area is 235 Å². The first-order valence-corrected chi connectivity index (χ1v) is 18.2. The number of fused-ring (bicyclic) bond motifs is 6. The van der Waals surface area contributed by atoms with Crippen molar-refractivity contribution >= 4 is 13.8 Å². The van der Waals surface area contributed by atoms with Crippen molar-refractivity contribution in [2.75, 3.05) is 11.9 Å². The van der Waals surface area contributed by atoms with Gasteiger partial charge < -0.3 is 4.90 Å². The maximum Gasteiger partial charge on any atom is 0.0637 e. The van der Waals surface area contributed by atoms with Crippen LogP contribution in [0.2, 0.25) is 13.1 Å². The van der Waals surface area contributed by atoms with E-state index in [1.54, 1.807) is 27.8 Å². The van der Waals surface area contributed by atoms with Crippen molar-refractivity contribution in [1.82, 2.24) is 0 Å². The zero-order valence-electron chi connectivity index (χ0n) is 23.9. The fraction of sp³-hybridized carbons (Fsp3) is 0.351. The first kappa shape index (κ1) is 24.9. The Morgan fingerprint density at radius 3 is 2.18 bits per heavy atom. The van der Waals surface area contributed by atoms with E-state index in [-0.39, 0.29) is 0 Å². The van der Waals surface area contributed by atoms with Crippen LogP contribution >= 0.6 is 0 Å². The number of anilines is 1. The van der Waals surface area contributed by atoms with Gasteiger partial charge in [0.05, 0.1) is 14.1 Å². The summed E-state index contributed by atoms with van der Waals surface area (Å²) in [7, 11) is 0.521. The van der Waals surface area contributed by atoms with E-state index in [1.165, 1.54) is 42.5 Å². The lowest BCUT2D eigenvalue weighted by Gasteiger charge is -2.40. The van der Waals surface area contributed by atoms with Gasteiger partial charge in [-0.2, -0.15) is 0 Å². The van der Waals surface area contributed by atoms with Gasteiger partial charge in [-0.3, -0.25) is 0 Å². The Morgan fingerprint density at radius 2 is 1.41 bits per heavy atom. The summed E-state index contributed by atoms with van der Waals surface area (Å²) in [5.41, 5.74) is 13.8. The molecule has 3 aliphatic rings. The van der Waals surface area contributed by atoms with Gasteiger partial charge in [-0.25, -0.2) is 0 Å². The van der Waals surface area contributed by atoms with Gasteiger partial charge in [0.1, 0.15) is 0 Å². The largest absolute Gasteiger partial charge is 0.367 e. The van der Waals surface area contributed by atoms with Crippen LogP contribution < -0.4 is 4.90 Å². The highest BCUT2D eigenvalue weighted by atomic mass is 28.3. The molecule has 1 nitrogen and oxygen atoms in total. The van der Waals surface area contributed by atoms with Gasteiger partial charge in [0.25, 0.3) is 0 Å². The molecule has 0 amide bonds. The lowest BCUT2D eigenvalue weighted by molar-refractivity contribution is 0.560. The van der Waals surface area contributed by atoms with Gasteiger partial charge >= 0.3 is 0 Å². The molecule has 0 bridgehead atoms. The molecule has 7 rings (SSSR count). The van der Waals surface area contributed by atoms with Gasteiger partial charge in [0.15, 0.2) is 0 Å². The molecular formula is C37H41NSi. The lowest BCUT2D eigenvalue weighted by Crippen LogP contribution is -2.43. The Kier molecular flexibility index (Phi) is 6.08. The lowest BCUT2D eigenvalue weighted by atomic mass is 9.94. The topological polar surface area (TPSA) is 3.24 Å². The molecule has 0 saturated heterocycles. The number of rotatable bonds is 6. The van der Waals surface area contributed by atoms with Crippen molar-refractivity contribution in [3.8, 4) is 0 Å². The number of benzene rings is 4. The summed E-state index contributed by atoms with van der Waals surface area (Å²) in [5, 5.41) is 0. The average Bonchev–Trinajstić information content (AvgIpc) is 3.58. The Hall–Kier alpha value is -3.10. The number of nitrogens with zero attached hydrogens (tertiary/aromatic N) is 1. The van der Waals surface area contributed by atoms with Crippen molar-refractivity contribution in [3.05, 3.63) is 136 Å². The van der Waals surface area contributed by atoms with Crippen molar-refractivity contribution in [2.24, 2.45) is 0 Å². The van der Waals surface area contributed by atoms with E-state index >= 15 is 0 Å². The van der Waals surface area contributed by atoms with Gasteiger partial charge in [-0.15, -0.1) is 0 Å². The van der Waals surface area contributed by atoms with Gasteiger partial charge in [0, 0.05) is 18.7 Å². The molecule has 2 aliphatic carbocycles. The maximum atomic E-state index is 2.73. The first-order valence-electron chi connectivity index (χ1n) is 15.0. The minimum Gasteiger partial charge on any atom is -0.367 e. The maximum absolute atomic E-state index is 2.73. The highest BCUT2D eigenvalue weighted by molar-refractivity contribution is 6.80. The smallest absolute Gasteiger partial charge is 0.0637 e. The Balaban J connectivity index is 1.24. The van der Waals surface area contributed by atoms with Crippen LogP contribution in [0.4, 0.5) is 5.69 Å². The molecule has 0 aromatic heterocycles. The van der Waals surface area contributed by atoms with Gasteiger partial charge in [-0.1, -0.05) is 110 Å². The van der Waals surface area contributed by atoms with Crippen LogP contribution in [0.1, 0.15) is 87.2 Å². The second-order valence-electron chi connectivity index (χ2n) is 13.1. The van der Waals surface area contributed by atoms with Gasteiger partial charge in [0.2, 0.25) is 0 Å². The highest BCUT2D eigenvalue weighted by Crippen LogP contribution is 2.65. The predicted molar refractivity (Wildman–Crippen MR) is 168 cm³/mol. The molecule has 4 aromatic carbocycles. The third-order valence-corrected chi connectivity index (χ3v) is 15.2. The second-order valence-corrected chi connectivity index (χ2v) is 18.0. The summed E-state index contributed by atoms with van der Waals surface area (Å²) in [6.07, 6.45) is 5.09. The minimum atomic E-state index is -1.81. The first-order chi connectivity index (χ1) is 18.9. The van der Waals surface area contributed by atoms with Crippen LogP contribution in [-0.2, 0) is 6.42 Å². The molecule has 5 unspecified atom stereocenters. The van der Waals surface area contributed by atoms with E-state index in [2.05, 4.69) is 129 Å². The van der Waals surface area contributed by atoms with E-state index in [0.717, 1.165) is 0 Å². The number of hydrogen-bond acceptors (Lipinski definition) is 1. The zero-order valence-corrected chi connectivity index (χ0v) is 24.9. The minimum absolute atomic E-state index is 0.466. The van der Waals surface area contributed by atoms with E-state index in [1.807, 2.05) is 0 Å². The molecule has 1 aliphatic heterocycles. The van der Waals surface area contributed by atoms with Crippen LogP contribution in [0.5, 0.6) is 0 Å². The molecule has 0 fully saturated rings. The van der Waals surface area contributed by atoms with Crippen molar-refractivity contribution in [3.63, 3.8) is 0 Å². The summed E-state index contributed by atoms with van der Waals surface area (Å²) in [6, 6.07) is 37.7. The number of likely N-dealkylation sites (N-methyl/N-ethyl adjacent to an activating group) is 1. The fourth-order valence-corrected chi connectivity index (χ4v) is 13.6. The highest BCUT2D eigenvalue weighted by Gasteiger charge is 2.57. The normalized spacial score (nSPS) is 24.8. The molecule has 0 radical (unpaired) electrons. The molecular weight excluding hydrogens is 487 g/mol. The van der Waals surface area contributed by atoms with E-state index in [4.69, 9.17) is 0 Å². The van der Waals surface area contributed by atoms with Crippen LogP contribution in [0.15, 0.2) is 97.1 Å². The number of hydrogen-bond donors (Lipinski definition) is 0. The van der Waals surface area contributed by atoms with Crippen molar-refractivity contribution in [1.29, 1.82) is 0 Å². The molecule has 4 aromatic rings. The fourth-order valence-electron chi connectivity index (χ4n) is 8.84. The predicted octanol–water partition coefficient (Wildman–Crippen LogP) is 9.45. The molecule has 39 heavy (non-hydrogen) atoms. The third-order valence-electron chi connectivity index (χ3n) is 10.6. The summed E-state index contributed by atoms with van der Waals surface area (Å²) < 4.78 is 0.